The number of hydrogen-bond acceptors (Lipinski definition) is 6. The van der Waals surface area contributed by atoms with Gasteiger partial charge in [-0.25, -0.2) is 0 Å². The molecule has 164 valence electrons. The molecule has 0 aliphatic carbocycles. The second-order valence-electron chi connectivity index (χ2n) is 7.18. The van der Waals surface area contributed by atoms with Crippen LogP contribution >= 0.6 is 23.4 Å². The van der Waals surface area contributed by atoms with Crippen LogP contribution in [0.5, 0.6) is 0 Å². The van der Waals surface area contributed by atoms with Gasteiger partial charge in [-0.1, -0.05) is 48.5 Å². The van der Waals surface area contributed by atoms with Crippen molar-refractivity contribution in [2.45, 2.75) is 16.7 Å². The monoisotopic (exact) mass is 468 g/mol. The van der Waals surface area contributed by atoms with Crippen molar-refractivity contribution in [3.63, 3.8) is 0 Å². The molecule has 0 fully saturated rings. The van der Waals surface area contributed by atoms with Gasteiger partial charge in [0.15, 0.2) is 5.76 Å². The zero-order chi connectivity index (χ0) is 22.7. The second kappa shape index (κ2) is 9.54. The Bertz CT molecular complexity index is 1140. The van der Waals surface area contributed by atoms with Gasteiger partial charge in [0.05, 0.1) is 12.6 Å². The number of amides is 1. The highest BCUT2D eigenvalue weighted by Crippen LogP contribution is 2.42. The number of fused-ring (bicyclic) bond motifs is 2. The summed E-state index contributed by atoms with van der Waals surface area (Å²) in [5.74, 6) is -0.755. The fourth-order valence-corrected chi connectivity index (χ4v) is 5.06. The Balaban J connectivity index is 1.72. The number of allylic oxidation sites excluding steroid dienone is 1. The lowest BCUT2D eigenvalue weighted by Crippen LogP contribution is -2.42. The van der Waals surface area contributed by atoms with Gasteiger partial charge in [-0.3, -0.25) is 14.5 Å². The lowest BCUT2D eigenvalue weighted by molar-refractivity contribution is -0.126. The van der Waals surface area contributed by atoms with Crippen molar-refractivity contribution >= 4 is 35.1 Å². The van der Waals surface area contributed by atoms with Crippen molar-refractivity contribution in [1.29, 1.82) is 0 Å². The number of halogens is 1. The van der Waals surface area contributed by atoms with E-state index in [2.05, 4.69) is 18.0 Å². The molecule has 2 aliphatic rings. The van der Waals surface area contributed by atoms with Crippen molar-refractivity contribution in [3.05, 3.63) is 101 Å². The Labute approximate surface area is 195 Å². The molecule has 2 aromatic rings. The van der Waals surface area contributed by atoms with Crippen molar-refractivity contribution in [2.75, 3.05) is 13.2 Å². The van der Waals surface area contributed by atoms with E-state index in [0.717, 1.165) is 39.5 Å². The Morgan fingerprint density at radius 2 is 2.06 bits per heavy atom. The van der Waals surface area contributed by atoms with Crippen LogP contribution in [0.15, 0.2) is 83.9 Å². The highest BCUT2D eigenvalue weighted by atomic mass is 35.5. The van der Waals surface area contributed by atoms with Crippen LogP contribution in [0.2, 0.25) is 5.02 Å². The van der Waals surface area contributed by atoms with Crippen molar-refractivity contribution in [1.82, 2.24) is 10.2 Å². The van der Waals surface area contributed by atoms with Gasteiger partial charge in [0.2, 0.25) is 5.78 Å². The van der Waals surface area contributed by atoms with Gasteiger partial charge in [-0.2, -0.15) is 0 Å². The highest BCUT2D eigenvalue weighted by molar-refractivity contribution is 7.98. The summed E-state index contributed by atoms with van der Waals surface area (Å²) < 4.78 is 5.49. The summed E-state index contributed by atoms with van der Waals surface area (Å²) in [6.07, 6.45) is 3.31. The smallest absolute Gasteiger partial charge is 0.256 e. The fourth-order valence-electron chi connectivity index (χ4n) is 3.67. The third kappa shape index (κ3) is 4.40. The summed E-state index contributed by atoms with van der Waals surface area (Å²) in [5, 5.41) is 13.9. The lowest BCUT2D eigenvalue weighted by Gasteiger charge is -2.32. The predicted molar refractivity (Wildman–Crippen MR) is 124 cm³/mol. The molecule has 8 heteroatoms. The first-order chi connectivity index (χ1) is 15.5. The zero-order valence-corrected chi connectivity index (χ0v) is 18.7. The lowest BCUT2D eigenvalue weighted by atomic mass is 9.95. The quantitative estimate of drug-likeness (QED) is 0.497. The van der Waals surface area contributed by atoms with Crippen molar-refractivity contribution in [2.24, 2.45) is 0 Å². The highest BCUT2D eigenvalue weighted by Gasteiger charge is 2.30. The number of aliphatic hydroxyl groups excluding tert-OH is 1. The van der Waals surface area contributed by atoms with Crippen LogP contribution in [-0.2, 0) is 20.1 Å². The molecule has 0 unspecified atom stereocenters. The van der Waals surface area contributed by atoms with Crippen LogP contribution in [0.3, 0.4) is 0 Å². The summed E-state index contributed by atoms with van der Waals surface area (Å²) >= 11 is 8.37. The maximum absolute atomic E-state index is 12.8. The molecule has 0 saturated carbocycles. The first-order valence-electron chi connectivity index (χ1n) is 9.96. The van der Waals surface area contributed by atoms with Gasteiger partial charge in [-0.15, -0.1) is 11.8 Å². The van der Waals surface area contributed by atoms with E-state index >= 15 is 0 Å². The number of benzene rings is 2. The number of aliphatic hydroxyl groups is 1. The molecule has 2 aromatic carbocycles. The number of ketones is 1. The number of thioether (sulfide) groups is 1. The van der Waals surface area contributed by atoms with E-state index in [0.29, 0.717) is 10.8 Å². The third-order valence-corrected chi connectivity index (χ3v) is 6.69. The molecule has 1 atom stereocenters. The number of nitrogens with zero attached hydrogens (tertiary/aromatic N) is 1. The van der Waals surface area contributed by atoms with Crippen LogP contribution in [0.1, 0.15) is 22.7 Å². The molecule has 4 rings (SSSR count). The third-order valence-electron chi connectivity index (χ3n) is 5.22. The fraction of sp³-hybridized carbons (Fsp3) is 0.167. The standard InChI is InChI=1S/C24H21ClN2O4S/c1-2-18(28)19(29)12-22(30)27-10-11-31-13-21(27)26-24-16-7-3-4-9-20(16)32-14-15-6-5-8-17(25)23(15)24/h2-9,12-13,24,26,29H,1,10-11,14H2/b19-12-/t24-/m1/s1. The number of carbonyl (C=O) groups excluding carboxylic acids is 2. The Morgan fingerprint density at radius 3 is 2.88 bits per heavy atom. The minimum absolute atomic E-state index is 0.252. The minimum atomic E-state index is -0.722. The van der Waals surface area contributed by atoms with E-state index in [1.54, 1.807) is 11.8 Å². The summed E-state index contributed by atoms with van der Waals surface area (Å²) in [7, 11) is 0. The molecule has 0 saturated heterocycles. The molecule has 0 bridgehead atoms. The molecule has 32 heavy (non-hydrogen) atoms. The average molecular weight is 469 g/mol. The Morgan fingerprint density at radius 1 is 1.25 bits per heavy atom. The van der Waals surface area contributed by atoms with Crippen LogP contribution in [0.25, 0.3) is 0 Å². The molecular weight excluding hydrogens is 448 g/mol. The van der Waals surface area contributed by atoms with Gasteiger partial charge >= 0.3 is 0 Å². The first kappa shape index (κ1) is 22.0. The van der Waals surface area contributed by atoms with E-state index in [9.17, 15) is 14.7 Å². The summed E-state index contributed by atoms with van der Waals surface area (Å²) in [6, 6.07) is 13.5. The molecule has 2 heterocycles. The van der Waals surface area contributed by atoms with E-state index < -0.39 is 17.4 Å². The predicted octanol–water partition coefficient (Wildman–Crippen LogP) is 4.48. The van der Waals surface area contributed by atoms with Gasteiger partial charge in [0.1, 0.15) is 18.7 Å². The van der Waals surface area contributed by atoms with E-state index in [-0.39, 0.29) is 19.2 Å². The topological polar surface area (TPSA) is 78.9 Å². The molecule has 2 N–H and O–H groups in total. The molecule has 6 nitrogen and oxygen atoms in total. The van der Waals surface area contributed by atoms with Crippen molar-refractivity contribution < 1.29 is 19.4 Å². The SMILES string of the molecule is C=CC(=O)/C(O)=C/C(=O)N1CCOC=C1N[C@@H]1c2ccccc2SCc2cccc(Cl)c21. The first-order valence-corrected chi connectivity index (χ1v) is 11.3. The molecule has 0 radical (unpaired) electrons. The maximum Gasteiger partial charge on any atom is 0.256 e. The van der Waals surface area contributed by atoms with Gasteiger partial charge < -0.3 is 15.2 Å². The number of carbonyl (C=O) groups is 2. The molecular formula is C24H21ClN2O4S. The summed E-state index contributed by atoms with van der Waals surface area (Å²) in [4.78, 5) is 27.0. The van der Waals surface area contributed by atoms with Crippen molar-refractivity contribution in [3.8, 4) is 0 Å². The van der Waals surface area contributed by atoms with Crippen LogP contribution < -0.4 is 5.32 Å². The minimum Gasteiger partial charge on any atom is -0.504 e. The number of nitrogens with one attached hydrogen (secondary N) is 1. The van der Waals surface area contributed by atoms with E-state index in [1.807, 2.05) is 36.4 Å². The van der Waals surface area contributed by atoms with Crippen LogP contribution in [0.4, 0.5) is 0 Å². The largest absolute Gasteiger partial charge is 0.504 e. The van der Waals surface area contributed by atoms with Crippen LogP contribution in [0, 0.1) is 0 Å². The Kier molecular flexibility index (Phi) is 6.58. The van der Waals surface area contributed by atoms with Crippen LogP contribution in [-0.4, -0.2) is 34.8 Å². The molecule has 0 aromatic heterocycles. The van der Waals surface area contributed by atoms with Gasteiger partial charge in [0.25, 0.3) is 5.91 Å². The number of ether oxygens (including phenoxy) is 1. The number of hydrogen-bond donors (Lipinski definition) is 2. The van der Waals surface area contributed by atoms with E-state index in [1.165, 1.54) is 11.2 Å². The molecule has 1 amide bonds. The maximum atomic E-state index is 12.8. The average Bonchev–Trinajstić information content (AvgIpc) is 2.97. The molecule has 2 aliphatic heterocycles. The second-order valence-corrected chi connectivity index (χ2v) is 8.60. The number of rotatable bonds is 5. The molecule has 0 spiro atoms. The summed E-state index contributed by atoms with van der Waals surface area (Å²) in [5.41, 5.74) is 3.06. The normalized spacial score (nSPS) is 17.8. The van der Waals surface area contributed by atoms with E-state index in [4.69, 9.17) is 16.3 Å². The van der Waals surface area contributed by atoms with Gasteiger partial charge in [0, 0.05) is 27.3 Å². The van der Waals surface area contributed by atoms with Gasteiger partial charge in [-0.05, 0) is 29.3 Å². The Hall–Kier alpha value is -3.16. The zero-order valence-electron chi connectivity index (χ0n) is 17.1. The summed E-state index contributed by atoms with van der Waals surface area (Å²) in [6.45, 7) is 3.86.